The standard InChI is InChI=1S/C17H22ClF3N2O3/c1-16(2,3)26-15(24)23-6-4-5-11(9-23)10-25-14-13(18)7-12(8-22-14)17(19,20)21/h7-8,11H,4-6,9-10H2,1-3H3/t11-/m1/s1. The van der Waals surface area contributed by atoms with E-state index in [0.29, 0.717) is 19.3 Å². The number of carbonyl (C=O) groups is 1. The van der Waals surface area contributed by atoms with E-state index in [1.54, 1.807) is 25.7 Å². The molecular weight excluding hydrogens is 373 g/mol. The molecule has 0 aromatic carbocycles. The Labute approximate surface area is 155 Å². The molecule has 1 aliphatic heterocycles. The first-order valence-electron chi connectivity index (χ1n) is 8.29. The molecule has 146 valence electrons. The summed E-state index contributed by atoms with van der Waals surface area (Å²) in [6, 6.07) is 0.789. The Bertz CT molecular complexity index is 647. The van der Waals surface area contributed by atoms with Crippen molar-refractivity contribution in [2.75, 3.05) is 19.7 Å². The number of alkyl halides is 3. The monoisotopic (exact) mass is 394 g/mol. The van der Waals surface area contributed by atoms with Crippen molar-refractivity contribution in [3.05, 3.63) is 22.8 Å². The van der Waals surface area contributed by atoms with Crippen LogP contribution in [-0.4, -0.2) is 41.3 Å². The van der Waals surface area contributed by atoms with E-state index in [1.807, 2.05) is 0 Å². The summed E-state index contributed by atoms with van der Waals surface area (Å²) < 4.78 is 48.7. The van der Waals surface area contributed by atoms with E-state index in [0.717, 1.165) is 18.9 Å². The van der Waals surface area contributed by atoms with Crippen molar-refractivity contribution in [1.82, 2.24) is 9.88 Å². The molecule has 0 aliphatic carbocycles. The number of amides is 1. The molecule has 1 saturated heterocycles. The Balaban J connectivity index is 1.92. The maximum atomic E-state index is 12.6. The molecular formula is C17H22ClF3N2O3. The molecule has 0 spiro atoms. The van der Waals surface area contributed by atoms with E-state index in [9.17, 15) is 18.0 Å². The van der Waals surface area contributed by atoms with E-state index >= 15 is 0 Å². The Hall–Kier alpha value is -1.70. The van der Waals surface area contributed by atoms with Gasteiger partial charge in [-0.1, -0.05) is 11.6 Å². The van der Waals surface area contributed by atoms with Gasteiger partial charge in [-0.25, -0.2) is 9.78 Å². The van der Waals surface area contributed by atoms with Gasteiger partial charge in [0.2, 0.25) is 5.88 Å². The van der Waals surface area contributed by atoms with Crippen LogP contribution in [-0.2, 0) is 10.9 Å². The second kappa shape index (κ2) is 7.90. The highest BCUT2D eigenvalue weighted by Crippen LogP contribution is 2.33. The van der Waals surface area contributed by atoms with Gasteiger partial charge in [0, 0.05) is 25.2 Å². The molecule has 1 atom stereocenters. The molecule has 2 rings (SSSR count). The number of aromatic nitrogens is 1. The fraction of sp³-hybridized carbons (Fsp3) is 0.647. The summed E-state index contributed by atoms with van der Waals surface area (Å²) in [5.41, 5.74) is -1.50. The van der Waals surface area contributed by atoms with E-state index < -0.39 is 17.3 Å². The van der Waals surface area contributed by atoms with Crippen molar-refractivity contribution >= 4 is 17.7 Å². The zero-order valence-electron chi connectivity index (χ0n) is 14.9. The van der Waals surface area contributed by atoms with Crippen LogP contribution in [0, 0.1) is 5.92 Å². The highest BCUT2D eigenvalue weighted by molar-refractivity contribution is 6.31. The number of rotatable bonds is 3. The summed E-state index contributed by atoms with van der Waals surface area (Å²) in [6.45, 7) is 6.66. The lowest BCUT2D eigenvalue weighted by Gasteiger charge is -2.34. The minimum Gasteiger partial charge on any atom is -0.476 e. The quantitative estimate of drug-likeness (QED) is 0.740. The summed E-state index contributed by atoms with van der Waals surface area (Å²) >= 11 is 5.83. The number of ether oxygens (including phenoxy) is 2. The van der Waals surface area contributed by atoms with E-state index in [2.05, 4.69) is 4.98 Å². The van der Waals surface area contributed by atoms with Gasteiger partial charge in [-0.05, 0) is 39.7 Å². The van der Waals surface area contributed by atoms with Crippen molar-refractivity contribution < 1.29 is 27.4 Å². The highest BCUT2D eigenvalue weighted by Gasteiger charge is 2.32. The molecule has 1 amide bonds. The van der Waals surface area contributed by atoms with Crippen LogP contribution in [0.15, 0.2) is 12.3 Å². The van der Waals surface area contributed by atoms with Crippen molar-refractivity contribution in [1.29, 1.82) is 0 Å². The number of piperidine rings is 1. The summed E-state index contributed by atoms with van der Waals surface area (Å²) in [7, 11) is 0. The third-order valence-corrected chi connectivity index (χ3v) is 4.03. The first kappa shape index (κ1) is 20.6. The molecule has 1 aromatic rings. The predicted molar refractivity (Wildman–Crippen MR) is 90.3 cm³/mol. The molecule has 5 nitrogen and oxygen atoms in total. The number of hydrogen-bond donors (Lipinski definition) is 0. The summed E-state index contributed by atoms with van der Waals surface area (Å²) in [4.78, 5) is 17.4. The van der Waals surface area contributed by atoms with Gasteiger partial charge in [-0.3, -0.25) is 0 Å². The van der Waals surface area contributed by atoms with Gasteiger partial charge in [0.25, 0.3) is 0 Å². The molecule has 0 unspecified atom stereocenters. The number of pyridine rings is 1. The molecule has 1 fully saturated rings. The van der Waals surface area contributed by atoms with Crippen molar-refractivity contribution in [3.63, 3.8) is 0 Å². The average Bonchev–Trinajstić information content (AvgIpc) is 2.51. The van der Waals surface area contributed by atoms with Gasteiger partial charge in [0.1, 0.15) is 10.6 Å². The van der Waals surface area contributed by atoms with Crippen LogP contribution in [0.5, 0.6) is 5.88 Å². The Morgan fingerprint density at radius 3 is 2.65 bits per heavy atom. The number of halogens is 4. The molecule has 0 saturated carbocycles. The fourth-order valence-corrected chi connectivity index (χ4v) is 2.80. The second-order valence-electron chi connectivity index (χ2n) is 7.25. The fourth-order valence-electron chi connectivity index (χ4n) is 2.58. The number of nitrogens with zero attached hydrogens (tertiary/aromatic N) is 2. The largest absolute Gasteiger partial charge is 0.476 e. The van der Waals surface area contributed by atoms with Crippen LogP contribution in [0.4, 0.5) is 18.0 Å². The smallest absolute Gasteiger partial charge is 0.417 e. The number of carbonyl (C=O) groups excluding carboxylic acids is 1. The van der Waals surface area contributed by atoms with Gasteiger partial charge in [0.15, 0.2) is 0 Å². The highest BCUT2D eigenvalue weighted by atomic mass is 35.5. The third-order valence-electron chi connectivity index (χ3n) is 3.76. The number of likely N-dealkylation sites (tertiary alicyclic amines) is 1. The summed E-state index contributed by atoms with van der Waals surface area (Å²) in [5.74, 6) is -0.0227. The lowest BCUT2D eigenvalue weighted by Crippen LogP contribution is -2.44. The van der Waals surface area contributed by atoms with Gasteiger partial charge < -0.3 is 14.4 Å². The minimum absolute atomic E-state index is 0.0245. The minimum atomic E-state index is -4.51. The van der Waals surface area contributed by atoms with Crippen LogP contribution >= 0.6 is 11.6 Å². The van der Waals surface area contributed by atoms with Crippen molar-refractivity contribution in [2.45, 2.75) is 45.4 Å². The molecule has 0 radical (unpaired) electrons. The van der Waals surface area contributed by atoms with Crippen LogP contribution < -0.4 is 4.74 Å². The Kier molecular flexibility index (Phi) is 6.26. The lowest BCUT2D eigenvalue weighted by atomic mass is 9.99. The Morgan fingerprint density at radius 1 is 1.38 bits per heavy atom. The molecule has 0 bridgehead atoms. The first-order chi connectivity index (χ1) is 12.0. The lowest BCUT2D eigenvalue weighted by molar-refractivity contribution is -0.137. The molecule has 1 aromatic heterocycles. The van der Waals surface area contributed by atoms with E-state index in [4.69, 9.17) is 21.1 Å². The van der Waals surface area contributed by atoms with E-state index in [-0.39, 0.29) is 29.5 Å². The summed E-state index contributed by atoms with van der Waals surface area (Å²) in [6.07, 6.45) is -2.58. The van der Waals surface area contributed by atoms with Crippen molar-refractivity contribution in [2.24, 2.45) is 5.92 Å². The van der Waals surface area contributed by atoms with Crippen molar-refractivity contribution in [3.8, 4) is 5.88 Å². The molecule has 26 heavy (non-hydrogen) atoms. The molecule has 1 aliphatic rings. The SMILES string of the molecule is CC(C)(C)OC(=O)N1CCC[C@@H](COc2ncc(C(F)(F)F)cc2Cl)C1. The second-order valence-corrected chi connectivity index (χ2v) is 7.66. The maximum Gasteiger partial charge on any atom is 0.417 e. The first-order valence-corrected chi connectivity index (χ1v) is 8.67. The zero-order chi connectivity index (χ0) is 19.5. The third kappa shape index (κ3) is 5.93. The van der Waals surface area contributed by atoms with Gasteiger partial charge >= 0.3 is 12.3 Å². The maximum absolute atomic E-state index is 12.6. The van der Waals surface area contributed by atoms with Crippen LogP contribution in [0.2, 0.25) is 5.02 Å². The van der Waals surface area contributed by atoms with Gasteiger partial charge in [-0.15, -0.1) is 0 Å². The van der Waals surface area contributed by atoms with Crippen LogP contribution in [0.25, 0.3) is 0 Å². The zero-order valence-corrected chi connectivity index (χ0v) is 15.7. The molecule has 2 heterocycles. The topological polar surface area (TPSA) is 51.7 Å². The van der Waals surface area contributed by atoms with Crippen LogP contribution in [0.3, 0.4) is 0 Å². The Morgan fingerprint density at radius 2 is 2.08 bits per heavy atom. The van der Waals surface area contributed by atoms with Gasteiger partial charge in [0.05, 0.1) is 12.2 Å². The van der Waals surface area contributed by atoms with E-state index in [1.165, 1.54) is 0 Å². The van der Waals surface area contributed by atoms with Crippen LogP contribution in [0.1, 0.15) is 39.2 Å². The number of hydrogen-bond acceptors (Lipinski definition) is 4. The molecule has 9 heteroatoms. The summed E-state index contributed by atoms with van der Waals surface area (Å²) in [5, 5.41) is -0.195. The predicted octanol–water partition coefficient (Wildman–Crippen LogP) is 4.78. The van der Waals surface area contributed by atoms with Gasteiger partial charge in [-0.2, -0.15) is 13.2 Å². The average molecular weight is 395 g/mol. The molecule has 0 N–H and O–H groups in total. The normalized spacial score (nSPS) is 18.6.